The standard InChI is InChI=1S/C14H13FN2O4S/c1-2-16(12-8-4-3-7-11(12)15)22(20,21)14-10-6-5-9-13(14)17(18)19/h3-10H,2H2,1H3. The minimum absolute atomic E-state index is 0.0602. The number of nitrogens with zero attached hydrogens (tertiary/aromatic N) is 2. The summed E-state index contributed by atoms with van der Waals surface area (Å²) in [6.07, 6.45) is 0. The molecule has 0 aliphatic carbocycles. The van der Waals surface area contributed by atoms with Gasteiger partial charge in [-0.15, -0.1) is 0 Å². The summed E-state index contributed by atoms with van der Waals surface area (Å²) >= 11 is 0. The molecule has 0 fully saturated rings. The number of benzene rings is 2. The Hall–Kier alpha value is -2.48. The van der Waals surface area contributed by atoms with Crippen molar-refractivity contribution in [2.45, 2.75) is 11.8 Å². The fourth-order valence-corrected chi connectivity index (χ4v) is 3.71. The number of sulfonamides is 1. The van der Waals surface area contributed by atoms with Crippen molar-refractivity contribution in [3.05, 3.63) is 64.5 Å². The third-order valence-corrected chi connectivity index (χ3v) is 4.97. The molecule has 0 atom stereocenters. The lowest BCUT2D eigenvalue weighted by Crippen LogP contribution is -2.32. The van der Waals surface area contributed by atoms with Gasteiger partial charge >= 0.3 is 0 Å². The van der Waals surface area contributed by atoms with Crippen molar-refractivity contribution in [3.8, 4) is 0 Å². The highest BCUT2D eigenvalue weighted by Gasteiger charge is 2.31. The highest BCUT2D eigenvalue weighted by Crippen LogP contribution is 2.30. The maximum atomic E-state index is 13.9. The van der Waals surface area contributed by atoms with Gasteiger partial charge in [-0.1, -0.05) is 24.3 Å². The van der Waals surface area contributed by atoms with Crippen LogP contribution in [0.5, 0.6) is 0 Å². The fourth-order valence-electron chi connectivity index (χ4n) is 2.07. The van der Waals surface area contributed by atoms with E-state index in [1.807, 2.05) is 0 Å². The molecule has 0 spiro atoms. The molecule has 0 saturated heterocycles. The van der Waals surface area contributed by atoms with Crippen LogP contribution in [0.15, 0.2) is 53.4 Å². The van der Waals surface area contributed by atoms with E-state index in [2.05, 4.69) is 0 Å². The first-order chi connectivity index (χ1) is 10.4. The van der Waals surface area contributed by atoms with Crippen molar-refractivity contribution >= 4 is 21.4 Å². The van der Waals surface area contributed by atoms with E-state index in [1.165, 1.54) is 37.3 Å². The predicted octanol–water partition coefficient (Wildman–Crippen LogP) is 2.95. The second-order valence-corrected chi connectivity index (χ2v) is 6.18. The third kappa shape index (κ3) is 2.77. The number of nitro benzene ring substituents is 1. The minimum atomic E-state index is -4.25. The van der Waals surface area contributed by atoms with E-state index in [1.54, 1.807) is 0 Å². The van der Waals surface area contributed by atoms with Gasteiger partial charge in [-0.3, -0.25) is 14.4 Å². The van der Waals surface area contributed by atoms with Gasteiger partial charge in [0.2, 0.25) is 0 Å². The van der Waals surface area contributed by atoms with Gasteiger partial charge in [-0.2, -0.15) is 0 Å². The molecule has 0 N–H and O–H groups in total. The van der Waals surface area contributed by atoms with Crippen molar-refractivity contribution < 1.29 is 17.7 Å². The monoisotopic (exact) mass is 324 g/mol. The number of rotatable bonds is 5. The molecule has 0 aromatic heterocycles. The molecule has 22 heavy (non-hydrogen) atoms. The van der Waals surface area contributed by atoms with Crippen LogP contribution < -0.4 is 4.31 Å². The molecule has 2 aromatic carbocycles. The first-order valence-electron chi connectivity index (χ1n) is 6.40. The number of halogens is 1. The Morgan fingerprint density at radius 2 is 1.73 bits per heavy atom. The fraction of sp³-hybridized carbons (Fsp3) is 0.143. The van der Waals surface area contributed by atoms with E-state index < -0.39 is 31.3 Å². The zero-order chi connectivity index (χ0) is 16.3. The van der Waals surface area contributed by atoms with Crippen LogP contribution in [0.3, 0.4) is 0 Å². The summed E-state index contributed by atoms with van der Waals surface area (Å²) in [5.41, 5.74) is -0.694. The summed E-state index contributed by atoms with van der Waals surface area (Å²) in [5.74, 6) is -0.716. The van der Waals surface area contributed by atoms with E-state index in [-0.39, 0.29) is 12.2 Å². The Labute approximate surface area is 127 Å². The molecule has 116 valence electrons. The van der Waals surface area contributed by atoms with Gasteiger partial charge in [0.05, 0.1) is 10.6 Å². The van der Waals surface area contributed by atoms with Gasteiger partial charge in [-0.05, 0) is 25.1 Å². The van der Waals surface area contributed by atoms with Crippen molar-refractivity contribution in [2.75, 3.05) is 10.8 Å². The molecule has 2 aromatic rings. The quantitative estimate of drug-likeness (QED) is 0.625. The molecule has 0 saturated carbocycles. The zero-order valence-electron chi connectivity index (χ0n) is 11.6. The first-order valence-corrected chi connectivity index (χ1v) is 7.84. The van der Waals surface area contributed by atoms with Gasteiger partial charge < -0.3 is 0 Å². The average molecular weight is 324 g/mol. The van der Waals surface area contributed by atoms with Gasteiger partial charge in [0.25, 0.3) is 15.7 Å². The van der Waals surface area contributed by atoms with Crippen LogP contribution >= 0.6 is 0 Å². The van der Waals surface area contributed by atoms with Crippen molar-refractivity contribution in [2.24, 2.45) is 0 Å². The number of hydrogen-bond acceptors (Lipinski definition) is 4. The Balaban J connectivity index is 2.63. The van der Waals surface area contributed by atoms with Crippen LogP contribution in [0, 0.1) is 15.9 Å². The number of nitro groups is 1. The van der Waals surface area contributed by atoms with Crippen LogP contribution in [-0.4, -0.2) is 19.9 Å². The lowest BCUT2D eigenvalue weighted by atomic mass is 10.3. The molecule has 0 amide bonds. The number of anilines is 1. The summed E-state index contributed by atoms with van der Waals surface area (Å²) in [4.78, 5) is 9.79. The molecule has 0 unspecified atom stereocenters. The lowest BCUT2D eigenvalue weighted by Gasteiger charge is -2.23. The topological polar surface area (TPSA) is 80.5 Å². The SMILES string of the molecule is CCN(c1ccccc1F)S(=O)(=O)c1ccccc1[N+](=O)[O-]. The summed E-state index contributed by atoms with van der Waals surface area (Å²) in [6, 6.07) is 10.4. The smallest absolute Gasteiger partial charge is 0.263 e. The largest absolute Gasteiger partial charge is 0.289 e. The van der Waals surface area contributed by atoms with Crippen LogP contribution in [0.1, 0.15) is 6.92 Å². The maximum Gasteiger partial charge on any atom is 0.289 e. The van der Waals surface area contributed by atoms with Gasteiger partial charge in [-0.25, -0.2) is 12.8 Å². The van der Waals surface area contributed by atoms with Gasteiger partial charge in [0.15, 0.2) is 4.90 Å². The summed E-state index contributed by atoms with van der Waals surface area (Å²) < 4.78 is 40.1. The van der Waals surface area contributed by atoms with E-state index >= 15 is 0 Å². The summed E-state index contributed by atoms with van der Waals surface area (Å²) in [5, 5.41) is 11.0. The van der Waals surface area contributed by atoms with Crippen LogP contribution in [-0.2, 0) is 10.0 Å². The molecule has 6 nitrogen and oxygen atoms in total. The van der Waals surface area contributed by atoms with Crippen LogP contribution in [0.25, 0.3) is 0 Å². The Morgan fingerprint density at radius 1 is 1.14 bits per heavy atom. The summed E-state index contributed by atoms with van der Waals surface area (Å²) in [6.45, 7) is 1.47. The third-order valence-electron chi connectivity index (χ3n) is 3.04. The first kappa shape index (κ1) is 15.9. The normalized spacial score (nSPS) is 11.2. The van der Waals surface area contributed by atoms with Crippen molar-refractivity contribution in [1.82, 2.24) is 0 Å². The molecule has 0 radical (unpaired) electrons. The lowest BCUT2D eigenvalue weighted by molar-refractivity contribution is -0.387. The van der Waals surface area contributed by atoms with E-state index in [0.29, 0.717) is 0 Å². The van der Waals surface area contributed by atoms with E-state index in [0.717, 1.165) is 22.5 Å². The molecule has 2 rings (SSSR count). The molecular formula is C14H13FN2O4S. The highest BCUT2D eigenvalue weighted by atomic mass is 32.2. The molecule has 0 heterocycles. The highest BCUT2D eigenvalue weighted by molar-refractivity contribution is 7.93. The molecule has 0 bridgehead atoms. The second-order valence-electron chi connectivity index (χ2n) is 4.35. The molecule has 0 aliphatic rings. The van der Waals surface area contributed by atoms with Crippen molar-refractivity contribution in [3.63, 3.8) is 0 Å². The van der Waals surface area contributed by atoms with E-state index in [4.69, 9.17) is 0 Å². The molecular weight excluding hydrogens is 311 g/mol. The molecule has 0 aliphatic heterocycles. The van der Waals surface area contributed by atoms with Crippen molar-refractivity contribution in [1.29, 1.82) is 0 Å². The van der Waals surface area contributed by atoms with Gasteiger partial charge in [0.1, 0.15) is 5.82 Å². The van der Waals surface area contributed by atoms with Gasteiger partial charge in [0, 0.05) is 12.6 Å². The second kappa shape index (κ2) is 6.10. The Bertz CT molecular complexity index is 808. The predicted molar refractivity (Wildman–Crippen MR) is 79.7 cm³/mol. The maximum absolute atomic E-state index is 13.9. The number of hydrogen-bond donors (Lipinski definition) is 0. The van der Waals surface area contributed by atoms with Crippen LogP contribution in [0.2, 0.25) is 0 Å². The van der Waals surface area contributed by atoms with E-state index in [9.17, 15) is 22.9 Å². The summed E-state index contributed by atoms with van der Waals surface area (Å²) in [7, 11) is -4.25. The van der Waals surface area contributed by atoms with Crippen LogP contribution in [0.4, 0.5) is 15.8 Å². The number of para-hydroxylation sites is 2. The zero-order valence-corrected chi connectivity index (χ0v) is 12.5. The Morgan fingerprint density at radius 3 is 2.32 bits per heavy atom. The molecule has 8 heteroatoms. The Kier molecular flexibility index (Phi) is 4.41. The average Bonchev–Trinajstić information content (AvgIpc) is 2.49. The minimum Gasteiger partial charge on any atom is -0.263 e.